The molecule has 1 heterocycles. The fourth-order valence-electron chi connectivity index (χ4n) is 3.53. The molecule has 1 saturated heterocycles. The van der Waals surface area contributed by atoms with Crippen LogP contribution in [0.4, 0.5) is 5.69 Å². The van der Waals surface area contributed by atoms with E-state index in [1.165, 1.54) is 6.92 Å². The molecule has 0 radical (unpaired) electrons. The Labute approximate surface area is 159 Å². The summed E-state index contributed by atoms with van der Waals surface area (Å²) in [7, 11) is -3.52. The molecule has 2 aromatic rings. The van der Waals surface area contributed by atoms with Gasteiger partial charge in [0.05, 0.1) is 23.6 Å². The molecule has 1 N–H and O–H groups in total. The van der Waals surface area contributed by atoms with Crippen molar-refractivity contribution in [3.63, 3.8) is 0 Å². The van der Waals surface area contributed by atoms with Crippen LogP contribution >= 0.6 is 0 Å². The minimum absolute atomic E-state index is 0.117. The lowest BCUT2D eigenvalue weighted by Gasteiger charge is -2.34. The summed E-state index contributed by atoms with van der Waals surface area (Å²) in [5.74, 6) is -0.117. The predicted octanol–water partition coefficient (Wildman–Crippen LogP) is 2.87. The fraction of sp³-hybridized carbons (Fsp3) is 0.350. The third-order valence-electron chi connectivity index (χ3n) is 5.15. The van der Waals surface area contributed by atoms with Gasteiger partial charge in [-0.15, -0.1) is 0 Å². The number of morpholine rings is 1. The number of carbonyl (C=O) groups excluding carboxylic acids is 1. The van der Waals surface area contributed by atoms with Gasteiger partial charge in [0.2, 0.25) is 15.9 Å². The van der Waals surface area contributed by atoms with E-state index < -0.39 is 10.0 Å². The third kappa shape index (κ3) is 3.50. The highest BCUT2D eigenvalue weighted by atomic mass is 32.2. The first-order valence-electron chi connectivity index (χ1n) is 8.99. The van der Waals surface area contributed by atoms with Crippen LogP contribution in [0.2, 0.25) is 0 Å². The zero-order chi connectivity index (χ0) is 19.1. The van der Waals surface area contributed by atoms with Gasteiger partial charge in [0.25, 0.3) is 0 Å². The van der Waals surface area contributed by atoms with Crippen molar-refractivity contribution in [1.82, 2.24) is 4.31 Å². The van der Waals surface area contributed by atoms with E-state index in [-0.39, 0.29) is 11.4 Å². The van der Waals surface area contributed by atoms with Crippen molar-refractivity contribution in [1.29, 1.82) is 0 Å². The van der Waals surface area contributed by atoms with Crippen LogP contribution in [0.25, 0.3) is 11.1 Å². The van der Waals surface area contributed by atoms with Crippen LogP contribution in [0.1, 0.15) is 19.8 Å². The van der Waals surface area contributed by atoms with E-state index in [0.29, 0.717) is 24.7 Å². The lowest BCUT2D eigenvalue weighted by Crippen LogP contribution is -2.50. The minimum Gasteiger partial charge on any atom is -0.378 e. The number of amides is 1. The van der Waals surface area contributed by atoms with Gasteiger partial charge in [-0.05, 0) is 48.2 Å². The van der Waals surface area contributed by atoms with Gasteiger partial charge in [-0.3, -0.25) is 4.79 Å². The van der Waals surface area contributed by atoms with E-state index in [2.05, 4.69) is 5.32 Å². The Balaban J connectivity index is 1.56. The number of benzene rings is 2. The molecule has 1 amide bonds. The summed E-state index contributed by atoms with van der Waals surface area (Å²) in [6.45, 7) is 2.81. The number of hydrogen-bond donors (Lipinski definition) is 1. The molecule has 4 rings (SSSR count). The number of sulfonamides is 1. The van der Waals surface area contributed by atoms with Crippen LogP contribution in [0.3, 0.4) is 0 Å². The fourth-order valence-corrected chi connectivity index (χ4v) is 5.32. The van der Waals surface area contributed by atoms with Crippen LogP contribution in [-0.2, 0) is 19.6 Å². The molecule has 0 bridgehead atoms. The Morgan fingerprint density at radius 2 is 1.63 bits per heavy atom. The molecule has 2 aliphatic rings. The molecular weight excluding hydrogens is 364 g/mol. The highest BCUT2D eigenvalue weighted by Crippen LogP contribution is 2.46. The van der Waals surface area contributed by atoms with Crippen molar-refractivity contribution < 1.29 is 17.9 Å². The quantitative estimate of drug-likeness (QED) is 0.877. The lowest BCUT2D eigenvalue weighted by molar-refractivity contribution is -0.114. The van der Waals surface area contributed by atoms with Crippen LogP contribution in [0, 0.1) is 0 Å². The Hall–Kier alpha value is -2.22. The molecule has 0 unspecified atom stereocenters. The number of ether oxygens (including phenoxy) is 1. The van der Waals surface area contributed by atoms with E-state index in [1.807, 2.05) is 36.4 Å². The third-order valence-corrected chi connectivity index (χ3v) is 7.16. The number of nitrogens with one attached hydrogen (secondary N) is 1. The summed E-state index contributed by atoms with van der Waals surface area (Å²) in [6.07, 6.45) is 1.73. The van der Waals surface area contributed by atoms with E-state index in [4.69, 9.17) is 4.74 Å². The summed E-state index contributed by atoms with van der Waals surface area (Å²) < 4.78 is 33.2. The van der Waals surface area contributed by atoms with E-state index in [9.17, 15) is 13.2 Å². The molecule has 2 aromatic carbocycles. The zero-order valence-corrected chi connectivity index (χ0v) is 16.0. The molecule has 1 saturated carbocycles. The molecule has 7 heteroatoms. The average molecular weight is 386 g/mol. The van der Waals surface area contributed by atoms with Crippen molar-refractivity contribution in [3.8, 4) is 11.1 Å². The Kier molecular flexibility index (Phi) is 4.53. The van der Waals surface area contributed by atoms with Crippen molar-refractivity contribution >= 4 is 21.6 Å². The Bertz CT molecular complexity index is 948. The van der Waals surface area contributed by atoms with Crippen molar-refractivity contribution in [2.45, 2.75) is 30.2 Å². The summed E-state index contributed by atoms with van der Waals surface area (Å²) in [5.41, 5.74) is 2.28. The Morgan fingerprint density at radius 3 is 2.19 bits per heavy atom. The van der Waals surface area contributed by atoms with Crippen LogP contribution in [0.5, 0.6) is 0 Å². The summed E-state index contributed by atoms with van der Waals surface area (Å²) >= 11 is 0. The number of anilines is 1. The summed E-state index contributed by atoms with van der Waals surface area (Å²) in [5, 5.41) is 2.73. The SMILES string of the molecule is CC(=O)Nc1ccc(-c2ccc(S(=O)(=O)N3CCOCC34CC4)cc2)cc1. The lowest BCUT2D eigenvalue weighted by atomic mass is 10.1. The summed E-state index contributed by atoms with van der Waals surface area (Å²) in [6, 6.07) is 14.4. The van der Waals surface area contributed by atoms with Gasteiger partial charge in [-0.1, -0.05) is 24.3 Å². The van der Waals surface area contributed by atoms with Crippen molar-refractivity contribution in [2.75, 3.05) is 25.1 Å². The number of carbonyl (C=O) groups is 1. The molecule has 27 heavy (non-hydrogen) atoms. The number of nitrogens with zero attached hydrogens (tertiary/aromatic N) is 1. The monoisotopic (exact) mass is 386 g/mol. The van der Waals surface area contributed by atoms with Gasteiger partial charge >= 0.3 is 0 Å². The van der Waals surface area contributed by atoms with Crippen LogP contribution in [0.15, 0.2) is 53.4 Å². The van der Waals surface area contributed by atoms with E-state index in [1.54, 1.807) is 16.4 Å². The van der Waals surface area contributed by atoms with Gasteiger partial charge in [0, 0.05) is 19.2 Å². The largest absolute Gasteiger partial charge is 0.378 e. The van der Waals surface area contributed by atoms with Gasteiger partial charge in [0.15, 0.2) is 0 Å². The second kappa shape index (κ2) is 6.74. The first kappa shape index (κ1) is 18.2. The summed E-state index contributed by atoms with van der Waals surface area (Å²) in [4.78, 5) is 11.4. The van der Waals surface area contributed by atoms with Gasteiger partial charge in [-0.25, -0.2) is 8.42 Å². The molecule has 142 valence electrons. The number of hydrogen-bond acceptors (Lipinski definition) is 4. The van der Waals surface area contributed by atoms with Crippen LogP contribution in [-0.4, -0.2) is 43.9 Å². The van der Waals surface area contributed by atoms with E-state index >= 15 is 0 Å². The number of rotatable bonds is 4. The highest BCUT2D eigenvalue weighted by Gasteiger charge is 2.54. The zero-order valence-electron chi connectivity index (χ0n) is 15.1. The molecule has 2 fully saturated rings. The molecule has 0 aromatic heterocycles. The maximum atomic E-state index is 13.1. The second-order valence-electron chi connectivity index (χ2n) is 7.14. The maximum absolute atomic E-state index is 13.1. The van der Waals surface area contributed by atoms with E-state index in [0.717, 1.165) is 29.7 Å². The normalized spacial score (nSPS) is 19.0. The first-order valence-corrected chi connectivity index (χ1v) is 10.4. The van der Waals surface area contributed by atoms with Crippen molar-refractivity contribution in [2.24, 2.45) is 0 Å². The van der Waals surface area contributed by atoms with Gasteiger partial charge < -0.3 is 10.1 Å². The van der Waals surface area contributed by atoms with Crippen LogP contribution < -0.4 is 5.32 Å². The molecular formula is C20H22N2O4S. The molecule has 1 spiro atoms. The first-order chi connectivity index (χ1) is 12.9. The minimum atomic E-state index is -3.52. The molecule has 1 aliphatic carbocycles. The van der Waals surface area contributed by atoms with Crippen molar-refractivity contribution in [3.05, 3.63) is 48.5 Å². The average Bonchev–Trinajstić information content (AvgIpc) is 3.41. The molecule has 6 nitrogen and oxygen atoms in total. The smallest absolute Gasteiger partial charge is 0.243 e. The highest BCUT2D eigenvalue weighted by molar-refractivity contribution is 7.89. The molecule has 1 aliphatic heterocycles. The maximum Gasteiger partial charge on any atom is 0.243 e. The predicted molar refractivity (Wildman–Crippen MR) is 103 cm³/mol. The van der Waals surface area contributed by atoms with Gasteiger partial charge in [0.1, 0.15) is 0 Å². The van der Waals surface area contributed by atoms with Gasteiger partial charge in [-0.2, -0.15) is 4.31 Å². The standard InChI is InChI=1S/C20H22N2O4S/c1-15(23)21-18-6-2-16(3-7-18)17-4-8-19(9-5-17)27(24,25)22-12-13-26-14-20(22)10-11-20/h2-9H,10-14H2,1H3,(H,21,23). The molecule has 0 atom stereocenters. The Morgan fingerprint density at radius 1 is 1.04 bits per heavy atom. The second-order valence-corrected chi connectivity index (χ2v) is 9.00. The topological polar surface area (TPSA) is 75.7 Å².